The van der Waals surface area contributed by atoms with Crippen LogP contribution in [0.4, 0.5) is 0 Å². The highest BCUT2D eigenvalue weighted by Crippen LogP contribution is 2.32. The molecule has 0 saturated carbocycles. The second-order valence-corrected chi connectivity index (χ2v) is 7.93. The van der Waals surface area contributed by atoms with E-state index in [9.17, 15) is 9.59 Å². The number of hydrogen-bond donors (Lipinski definition) is 1. The fourth-order valence-corrected chi connectivity index (χ4v) is 3.88. The van der Waals surface area contributed by atoms with Crippen LogP contribution in [0.3, 0.4) is 0 Å². The summed E-state index contributed by atoms with van der Waals surface area (Å²) in [4.78, 5) is 28.0. The summed E-state index contributed by atoms with van der Waals surface area (Å²) in [5, 5.41) is 0.434. The van der Waals surface area contributed by atoms with Crippen LogP contribution in [-0.4, -0.2) is 30.4 Å². The van der Waals surface area contributed by atoms with E-state index in [1.165, 1.54) is 0 Å². The number of amides is 1. The lowest BCUT2D eigenvalue weighted by atomic mass is 9.90. The minimum atomic E-state index is -0.117. The summed E-state index contributed by atoms with van der Waals surface area (Å²) in [6, 6.07) is 14.7. The van der Waals surface area contributed by atoms with Crippen LogP contribution in [0.2, 0.25) is 0 Å². The van der Waals surface area contributed by atoms with Gasteiger partial charge in [0.05, 0.1) is 10.9 Å². The van der Waals surface area contributed by atoms with Crippen molar-refractivity contribution in [1.29, 1.82) is 0 Å². The van der Waals surface area contributed by atoms with Crippen LogP contribution in [0.1, 0.15) is 29.3 Å². The van der Waals surface area contributed by atoms with Crippen molar-refractivity contribution in [2.24, 2.45) is 11.1 Å². The first kappa shape index (κ1) is 21.1. The molecule has 1 aliphatic heterocycles. The molecule has 2 aromatic carbocycles. The first-order valence-electron chi connectivity index (χ1n) is 9.55. The Kier molecular flexibility index (Phi) is 5.82. The lowest BCUT2D eigenvalue weighted by molar-refractivity contribution is 0.0777. The van der Waals surface area contributed by atoms with E-state index in [4.69, 9.17) is 10.2 Å². The van der Waals surface area contributed by atoms with Crippen molar-refractivity contribution in [3.8, 4) is 11.3 Å². The third kappa shape index (κ3) is 3.68. The molecule has 0 bridgehead atoms. The Balaban J connectivity index is 0.00000240. The Hall–Kier alpha value is -2.63. The highest BCUT2D eigenvalue weighted by atomic mass is 35.5. The summed E-state index contributed by atoms with van der Waals surface area (Å²) < 4.78 is 6.18. The number of para-hydroxylation sites is 1. The van der Waals surface area contributed by atoms with Gasteiger partial charge in [-0.3, -0.25) is 9.59 Å². The average molecular weight is 413 g/mol. The van der Waals surface area contributed by atoms with Gasteiger partial charge in [0.1, 0.15) is 5.76 Å². The summed E-state index contributed by atoms with van der Waals surface area (Å²) in [5.74, 6) is 0.389. The molecule has 2 heterocycles. The van der Waals surface area contributed by atoms with Crippen LogP contribution in [0.5, 0.6) is 0 Å². The lowest BCUT2D eigenvalue weighted by Gasteiger charge is -2.22. The molecule has 1 aliphatic rings. The van der Waals surface area contributed by atoms with E-state index in [-0.39, 0.29) is 29.2 Å². The molecule has 4 rings (SSSR count). The van der Waals surface area contributed by atoms with E-state index in [1.54, 1.807) is 25.1 Å². The van der Waals surface area contributed by atoms with Crippen LogP contribution in [0.25, 0.3) is 22.3 Å². The predicted molar refractivity (Wildman–Crippen MR) is 118 cm³/mol. The van der Waals surface area contributed by atoms with Crippen LogP contribution < -0.4 is 11.2 Å². The van der Waals surface area contributed by atoms with Crippen molar-refractivity contribution in [1.82, 2.24) is 4.90 Å². The molecular weight excluding hydrogens is 388 g/mol. The standard InChI is InChI=1S/C23H24N2O3.ClH/c1-15-19(26)17-9-6-10-18(22(27)25-12-11-23(2,13-24)14-25)21(17)28-20(15)16-7-4-3-5-8-16;/h3-10H,11-14,24H2,1-2H3;1H. The smallest absolute Gasteiger partial charge is 0.257 e. The SMILES string of the molecule is Cc1c(-c2ccccc2)oc2c(C(=O)N3CCC(C)(CN)C3)cccc2c1=O.Cl. The number of nitrogens with zero attached hydrogens (tertiary/aromatic N) is 1. The third-order valence-electron chi connectivity index (χ3n) is 5.75. The minimum Gasteiger partial charge on any atom is -0.455 e. The molecule has 1 atom stereocenters. The highest BCUT2D eigenvalue weighted by Gasteiger charge is 2.36. The molecule has 1 fully saturated rings. The van der Waals surface area contributed by atoms with Gasteiger partial charge in [-0.05, 0) is 37.4 Å². The number of carbonyl (C=O) groups excluding carboxylic acids is 1. The molecule has 1 saturated heterocycles. The normalized spacial score (nSPS) is 18.7. The Labute approximate surface area is 175 Å². The maximum absolute atomic E-state index is 13.2. The first-order chi connectivity index (χ1) is 13.4. The van der Waals surface area contributed by atoms with Crippen molar-refractivity contribution in [3.05, 3.63) is 69.9 Å². The third-order valence-corrected chi connectivity index (χ3v) is 5.75. The average Bonchev–Trinajstić information content (AvgIpc) is 3.13. The van der Waals surface area contributed by atoms with Crippen LogP contribution in [0.15, 0.2) is 57.7 Å². The number of fused-ring (bicyclic) bond motifs is 1. The van der Waals surface area contributed by atoms with E-state index < -0.39 is 0 Å². The van der Waals surface area contributed by atoms with Crippen molar-refractivity contribution in [3.63, 3.8) is 0 Å². The Morgan fingerprint density at radius 3 is 2.55 bits per heavy atom. The fraction of sp³-hybridized carbons (Fsp3) is 0.304. The molecule has 1 amide bonds. The summed E-state index contributed by atoms with van der Waals surface area (Å²) in [7, 11) is 0. The maximum atomic E-state index is 13.2. The van der Waals surface area contributed by atoms with E-state index >= 15 is 0 Å². The molecule has 0 aliphatic carbocycles. The van der Waals surface area contributed by atoms with Gasteiger partial charge in [-0.2, -0.15) is 0 Å². The second-order valence-electron chi connectivity index (χ2n) is 7.93. The molecular formula is C23H25ClN2O3. The number of hydrogen-bond acceptors (Lipinski definition) is 4. The molecule has 0 radical (unpaired) electrons. The number of carbonyl (C=O) groups is 1. The quantitative estimate of drug-likeness (QED) is 0.705. The van der Waals surface area contributed by atoms with Gasteiger partial charge in [0, 0.05) is 24.2 Å². The maximum Gasteiger partial charge on any atom is 0.257 e. The molecule has 3 aromatic rings. The van der Waals surface area contributed by atoms with Gasteiger partial charge in [0.15, 0.2) is 11.0 Å². The highest BCUT2D eigenvalue weighted by molar-refractivity contribution is 6.05. The number of halogens is 1. The van der Waals surface area contributed by atoms with E-state index in [0.717, 1.165) is 12.0 Å². The van der Waals surface area contributed by atoms with Crippen LogP contribution in [-0.2, 0) is 0 Å². The van der Waals surface area contributed by atoms with Crippen molar-refractivity contribution in [2.45, 2.75) is 20.3 Å². The summed E-state index contributed by atoms with van der Waals surface area (Å²) in [6.07, 6.45) is 0.873. The second kappa shape index (κ2) is 8.01. The van der Waals surface area contributed by atoms with Crippen molar-refractivity contribution >= 4 is 29.3 Å². The summed E-state index contributed by atoms with van der Waals surface area (Å²) in [5.41, 5.74) is 7.85. The molecule has 2 N–H and O–H groups in total. The van der Waals surface area contributed by atoms with Gasteiger partial charge in [-0.1, -0.05) is 43.3 Å². The predicted octanol–water partition coefficient (Wildman–Crippen LogP) is 4.00. The number of rotatable bonds is 3. The summed E-state index contributed by atoms with van der Waals surface area (Å²) >= 11 is 0. The molecule has 152 valence electrons. The topological polar surface area (TPSA) is 76.5 Å². The molecule has 5 nitrogen and oxygen atoms in total. The van der Waals surface area contributed by atoms with Crippen LogP contribution >= 0.6 is 12.4 Å². The van der Waals surface area contributed by atoms with Crippen LogP contribution in [0, 0.1) is 12.3 Å². The zero-order valence-corrected chi connectivity index (χ0v) is 17.4. The Morgan fingerprint density at radius 2 is 1.90 bits per heavy atom. The number of nitrogens with two attached hydrogens (primary N) is 1. The van der Waals surface area contributed by atoms with Crippen molar-refractivity contribution < 1.29 is 9.21 Å². The Morgan fingerprint density at radius 1 is 1.17 bits per heavy atom. The fourth-order valence-electron chi connectivity index (χ4n) is 3.88. The van der Waals surface area contributed by atoms with E-state index in [1.807, 2.05) is 35.2 Å². The Bertz CT molecular complexity index is 1110. The van der Waals surface area contributed by atoms with Gasteiger partial charge >= 0.3 is 0 Å². The van der Waals surface area contributed by atoms with Gasteiger partial charge in [-0.25, -0.2) is 0 Å². The van der Waals surface area contributed by atoms with E-state index in [0.29, 0.717) is 47.5 Å². The van der Waals surface area contributed by atoms with Gasteiger partial charge in [-0.15, -0.1) is 12.4 Å². The zero-order valence-electron chi connectivity index (χ0n) is 16.6. The largest absolute Gasteiger partial charge is 0.455 e. The van der Waals surface area contributed by atoms with Gasteiger partial charge in [0.25, 0.3) is 5.91 Å². The summed E-state index contributed by atoms with van der Waals surface area (Å²) in [6.45, 7) is 5.67. The van der Waals surface area contributed by atoms with E-state index in [2.05, 4.69) is 6.92 Å². The lowest BCUT2D eigenvalue weighted by Crippen LogP contribution is -2.34. The number of benzene rings is 2. The molecule has 29 heavy (non-hydrogen) atoms. The first-order valence-corrected chi connectivity index (χ1v) is 9.55. The molecule has 0 spiro atoms. The molecule has 1 aromatic heterocycles. The monoisotopic (exact) mass is 412 g/mol. The van der Waals surface area contributed by atoms with Gasteiger partial charge < -0.3 is 15.1 Å². The van der Waals surface area contributed by atoms with Gasteiger partial charge in [0.2, 0.25) is 0 Å². The zero-order chi connectivity index (χ0) is 19.9. The number of likely N-dealkylation sites (tertiary alicyclic amines) is 1. The van der Waals surface area contributed by atoms with Crippen molar-refractivity contribution in [2.75, 3.05) is 19.6 Å². The molecule has 1 unspecified atom stereocenters. The minimum absolute atomic E-state index is 0. The molecule has 6 heteroatoms.